The number of ether oxygens (including phenoxy) is 4. The lowest BCUT2D eigenvalue weighted by Crippen LogP contribution is -2.30. The van der Waals surface area contributed by atoms with Crippen LogP contribution in [0.3, 0.4) is 0 Å². The van der Waals surface area contributed by atoms with Gasteiger partial charge in [-0.2, -0.15) is 0 Å². The highest BCUT2D eigenvalue weighted by Gasteiger charge is 2.30. The summed E-state index contributed by atoms with van der Waals surface area (Å²) in [6.07, 6.45) is 65.3. The molecule has 0 rings (SSSR count). The third-order valence-corrected chi connectivity index (χ3v) is 20.9. The number of phosphoric acid groups is 2. The quantitative estimate of drug-likeness (QED) is 0.0222. The van der Waals surface area contributed by atoms with Crippen molar-refractivity contribution in [1.29, 1.82) is 0 Å². The van der Waals surface area contributed by atoms with Crippen molar-refractivity contribution in [3.63, 3.8) is 0 Å². The molecule has 0 bridgehead atoms. The number of esters is 4. The van der Waals surface area contributed by atoms with E-state index in [0.29, 0.717) is 25.7 Å². The number of aliphatic hydroxyl groups excluding tert-OH is 1. The summed E-state index contributed by atoms with van der Waals surface area (Å²) in [5, 5.41) is 10.6. The average molecular weight is 1470 g/mol. The Labute approximate surface area is 613 Å². The van der Waals surface area contributed by atoms with Gasteiger partial charge in [0, 0.05) is 25.7 Å². The van der Waals surface area contributed by atoms with Crippen molar-refractivity contribution in [1.82, 2.24) is 0 Å². The van der Waals surface area contributed by atoms with Gasteiger partial charge in [0.05, 0.1) is 26.4 Å². The Kier molecular flexibility index (Phi) is 72.5. The van der Waals surface area contributed by atoms with E-state index < -0.39 is 97.5 Å². The van der Waals surface area contributed by atoms with Crippen LogP contribution in [0.1, 0.15) is 433 Å². The highest BCUT2D eigenvalue weighted by molar-refractivity contribution is 7.47. The van der Waals surface area contributed by atoms with Gasteiger partial charge in [-0.1, -0.05) is 381 Å². The fraction of sp³-hybridized carbons (Fsp3) is 0.951. The van der Waals surface area contributed by atoms with E-state index in [1.807, 2.05) is 0 Å². The van der Waals surface area contributed by atoms with E-state index in [-0.39, 0.29) is 25.7 Å². The molecule has 0 saturated carbocycles. The van der Waals surface area contributed by atoms with Crippen LogP contribution < -0.4 is 0 Å². The molecule has 19 heteroatoms. The van der Waals surface area contributed by atoms with Gasteiger partial charge in [0.2, 0.25) is 0 Å². The van der Waals surface area contributed by atoms with Crippen LogP contribution in [-0.4, -0.2) is 96.7 Å². The predicted molar refractivity (Wildman–Crippen MR) is 409 cm³/mol. The van der Waals surface area contributed by atoms with E-state index in [4.69, 9.17) is 37.0 Å². The summed E-state index contributed by atoms with van der Waals surface area (Å²) in [4.78, 5) is 72.9. The van der Waals surface area contributed by atoms with E-state index in [9.17, 15) is 43.2 Å². The molecule has 3 N–H and O–H groups in total. The zero-order chi connectivity index (χ0) is 73.4. The van der Waals surface area contributed by atoms with Crippen molar-refractivity contribution >= 4 is 39.5 Å². The molecule has 2 unspecified atom stereocenters. The normalized spacial score (nSPS) is 13.8. The maximum atomic E-state index is 13.1. The molecule has 100 heavy (non-hydrogen) atoms. The lowest BCUT2D eigenvalue weighted by atomic mass is 10.0. The lowest BCUT2D eigenvalue weighted by Gasteiger charge is -2.21. The van der Waals surface area contributed by atoms with Crippen molar-refractivity contribution in [3.8, 4) is 0 Å². The minimum atomic E-state index is -4.96. The average Bonchev–Trinajstić information content (AvgIpc) is 0.940. The molecule has 0 fully saturated rings. The molecule has 0 aliphatic heterocycles. The molecule has 5 atom stereocenters. The minimum absolute atomic E-state index is 0.107. The second kappa shape index (κ2) is 73.9. The second-order valence-corrected chi connectivity index (χ2v) is 32.5. The summed E-state index contributed by atoms with van der Waals surface area (Å²) in [7, 11) is -9.91. The van der Waals surface area contributed by atoms with E-state index in [1.165, 1.54) is 250 Å². The summed E-state index contributed by atoms with van der Waals surface area (Å²) in [5.41, 5.74) is 0. The van der Waals surface area contributed by atoms with Crippen LogP contribution in [-0.2, 0) is 65.4 Å². The number of carbonyl (C=O) groups excluding carboxylic acids is 4. The van der Waals surface area contributed by atoms with Crippen molar-refractivity contribution in [2.24, 2.45) is 5.92 Å². The Bertz CT molecular complexity index is 1910. The van der Waals surface area contributed by atoms with Gasteiger partial charge in [-0.25, -0.2) is 9.13 Å². The Morgan fingerprint density at radius 3 is 0.680 bits per heavy atom. The van der Waals surface area contributed by atoms with Crippen LogP contribution in [0.5, 0.6) is 0 Å². The van der Waals surface area contributed by atoms with Crippen molar-refractivity contribution < 1.29 is 80.2 Å². The molecule has 0 aromatic carbocycles. The summed E-state index contributed by atoms with van der Waals surface area (Å²) in [6.45, 7) is 7.31. The first-order valence-corrected chi connectivity index (χ1v) is 45.1. The highest BCUT2D eigenvalue weighted by Crippen LogP contribution is 2.45. The van der Waals surface area contributed by atoms with Gasteiger partial charge in [-0.3, -0.25) is 37.3 Å². The van der Waals surface area contributed by atoms with Crippen LogP contribution in [0.4, 0.5) is 0 Å². The van der Waals surface area contributed by atoms with E-state index in [2.05, 4.69) is 34.6 Å². The van der Waals surface area contributed by atoms with E-state index >= 15 is 0 Å². The molecule has 0 radical (unpaired) electrons. The smallest absolute Gasteiger partial charge is 0.462 e. The third kappa shape index (κ3) is 74.3. The second-order valence-electron chi connectivity index (χ2n) is 29.6. The number of hydrogen-bond donors (Lipinski definition) is 3. The zero-order valence-corrected chi connectivity index (χ0v) is 67.1. The van der Waals surface area contributed by atoms with Gasteiger partial charge >= 0.3 is 39.5 Å². The fourth-order valence-electron chi connectivity index (χ4n) is 12.6. The molecule has 0 aromatic heterocycles. The van der Waals surface area contributed by atoms with Gasteiger partial charge < -0.3 is 33.8 Å². The molecule has 0 amide bonds. The first kappa shape index (κ1) is 98.1. The molecule has 17 nitrogen and oxygen atoms in total. The van der Waals surface area contributed by atoms with Crippen molar-refractivity contribution in [2.45, 2.75) is 451 Å². The number of rotatable bonds is 81. The van der Waals surface area contributed by atoms with Crippen molar-refractivity contribution in [2.75, 3.05) is 39.6 Å². The molecule has 594 valence electrons. The minimum Gasteiger partial charge on any atom is -0.462 e. The Balaban J connectivity index is 5.19. The van der Waals surface area contributed by atoms with E-state index in [1.54, 1.807) is 0 Å². The summed E-state index contributed by atoms with van der Waals surface area (Å²) in [6, 6.07) is 0. The van der Waals surface area contributed by atoms with Gasteiger partial charge in [-0.05, 0) is 31.6 Å². The fourth-order valence-corrected chi connectivity index (χ4v) is 14.2. The van der Waals surface area contributed by atoms with Gasteiger partial charge in [-0.15, -0.1) is 0 Å². The molecule has 0 spiro atoms. The number of aliphatic hydroxyl groups is 1. The monoisotopic (exact) mass is 1470 g/mol. The maximum absolute atomic E-state index is 13.1. The number of phosphoric ester groups is 2. The number of unbranched alkanes of at least 4 members (excludes halogenated alkanes) is 53. The Hall–Kier alpha value is -1.94. The predicted octanol–water partition coefficient (Wildman–Crippen LogP) is 24.4. The van der Waals surface area contributed by atoms with Crippen LogP contribution in [0.2, 0.25) is 0 Å². The third-order valence-electron chi connectivity index (χ3n) is 19.0. The summed E-state index contributed by atoms with van der Waals surface area (Å²) < 4.78 is 68.6. The number of hydrogen-bond acceptors (Lipinski definition) is 15. The molecule has 0 aromatic rings. The van der Waals surface area contributed by atoms with Crippen molar-refractivity contribution in [3.05, 3.63) is 0 Å². The Morgan fingerprint density at radius 2 is 0.460 bits per heavy atom. The summed E-state index contributed by atoms with van der Waals surface area (Å²) >= 11 is 0. The van der Waals surface area contributed by atoms with Crippen LogP contribution in [0.25, 0.3) is 0 Å². The topological polar surface area (TPSA) is 237 Å². The summed E-state index contributed by atoms with van der Waals surface area (Å²) in [5.74, 6) is -1.33. The molecular weight excluding hydrogens is 1310 g/mol. The SMILES string of the molecule is CCCCCCCCCCCCCCCCCCCCCCCC(=O)O[C@H](COC(=O)CCCCCCCCCCCCCCCCCC)COP(=O)(O)OC[C@@H](O)COP(=O)(O)OC[C@@H](COC(=O)CCCCCCCCCC)OC(=O)CCCCCCCCCCCCCCC(C)C. The maximum Gasteiger partial charge on any atom is 0.472 e. The van der Waals surface area contributed by atoms with Gasteiger partial charge in [0.15, 0.2) is 12.2 Å². The first-order valence-electron chi connectivity index (χ1n) is 42.1. The van der Waals surface area contributed by atoms with Crippen LogP contribution >= 0.6 is 15.6 Å². The zero-order valence-electron chi connectivity index (χ0n) is 65.3. The lowest BCUT2D eigenvalue weighted by molar-refractivity contribution is -0.161. The first-order chi connectivity index (χ1) is 48.5. The standard InChI is InChI=1S/C81H158O17P2/c1-6-9-12-15-18-21-23-25-27-29-30-31-32-33-35-37-42-46-51-56-61-66-80(85)98-77(71-92-79(84)65-60-55-50-45-41-36-34-28-26-24-22-19-16-13-10-7-2)73-96-100(89,90)94-69-75(82)68-93-99(87,88)95-72-76(70-91-78(83)64-59-54-49-20-17-14-11-8-3)97-81(86)67-62-57-52-47-43-39-38-40-44-48-53-58-63-74(4)5/h74-77,82H,6-73H2,1-5H3,(H,87,88)(H,89,90)/t75-,76+,77+/m0/s1. The molecule has 0 aliphatic carbocycles. The van der Waals surface area contributed by atoms with Gasteiger partial charge in [0.25, 0.3) is 0 Å². The van der Waals surface area contributed by atoms with Gasteiger partial charge in [0.1, 0.15) is 19.3 Å². The molecule has 0 saturated heterocycles. The van der Waals surface area contributed by atoms with Crippen LogP contribution in [0.15, 0.2) is 0 Å². The van der Waals surface area contributed by atoms with E-state index in [0.717, 1.165) is 102 Å². The Morgan fingerprint density at radius 1 is 0.270 bits per heavy atom. The molecule has 0 heterocycles. The largest absolute Gasteiger partial charge is 0.472 e. The molecule has 0 aliphatic rings. The highest BCUT2D eigenvalue weighted by atomic mass is 31.2. The number of carbonyl (C=O) groups is 4. The molecular formula is C81H158O17P2. The van der Waals surface area contributed by atoms with Crippen LogP contribution in [0, 0.1) is 5.92 Å².